The highest BCUT2D eigenvalue weighted by molar-refractivity contribution is 6.00. The minimum atomic E-state index is -0.215. The van der Waals surface area contributed by atoms with Gasteiger partial charge in [-0.1, -0.05) is 50.3 Å². The molecule has 0 unspecified atom stereocenters. The second-order valence-corrected chi connectivity index (χ2v) is 6.79. The maximum absolute atomic E-state index is 12.5. The van der Waals surface area contributed by atoms with Gasteiger partial charge < -0.3 is 10.2 Å². The first-order valence-electron chi connectivity index (χ1n) is 8.90. The highest BCUT2D eigenvalue weighted by atomic mass is 16.2. The molecule has 4 heteroatoms. The molecule has 23 heavy (non-hydrogen) atoms. The van der Waals surface area contributed by atoms with Gasteiger partial charge >= 0.3 is 0 Å². The fourth-order valence-electron chi connectivity index (χ4n) is 3.66. The molecule has 1 aliphatic carbocycles. The van der Waals surface area contributed by atoms with Gasteiger partial charge in [0, 0.05) is 24.7 Å². The smallest absolute Gasteiger partial charge is 0.227 e. The predicted molar refractivity (Wildman–Crippen MR) is 91.2 cm³/mol. The van der Waals surface area contributed by atoms with E-state index in [4.69, 9.17) is 0 Å². The lowest BCUT2D eigenvalue weighted by Crippen LogP contribution is -2.40. The van der Waals surface area contributed by atoms with E-state index < -0.39 is 0 Å². The fourth-order valence-corrected chi connectivity index (χ4v) is 3.66. The number of hydrogen-bond acceptors (Lipinski definition) is 2. The van der Waals surface area contributed by atoms with Gasteiger partial charge in [-0.25, -0.2) is 0 Å². The van der Waals surface area contributed by atoms with E-state index in [1.54, 1.807) is 4.90 Å². The summed E-state index contributed by atoms with van der Waals surface area (Å²) in [7, 11) is 0. The van der Waals surface area contributed by atoms with Gasteiger partial charge in [0.1, 0.15) is 0 Å². The van der Waals surface area contributed by atoms with Gasteiger partial charge in [-0.3, -0.25) is 9.59 Å². The Morgan fingerprint density at radius 3 is 2.35 bits per heavy atom. The number of rotatable bonds is 3. The number of para-hydroxylation sites is 1. The molecule has 124 valence electrons. The highest BCUT2D eigenvalue weighted by Crippen LogP contribution is 2.25. The summed E-state index contributed by atoms with van der Waals surface area (Å²) in [5, 5.41) is 3.20. The summed E-state index contributed by atoms with van der Waals surface area (Å²) in [5.74, 6) is -0.107. The van der Waals surface area contributed by atoms with Gasteiger partial charge in [0.25, 0.3) is 0 Å². The Bertz CT molecular complexity index is 536. The number of benzene rings is 1. The van der Waals surface area contributed by atoms with Crippen LogP contribution in [0, 0.1) is 5.92 Å². The van der Waals surface area contributed by atoms with Crippen molar-refractivity contribution < 1.29 is 9.59 Å². The van der Waals surface area contributed by atoms with E-state index in [9.17, 15) is 9.59 Å². The van der Waals surface area contributed by atoms with Crippen LogP contribution in [0.15, 0.2) is 30.3 Å². The van der Waals surface area contributed by atoms with Crippen molar-refractivity contribution in [3.05, 3.63) is 30.3 Å². The topological polar surface area (TPSA) is 49.4 Å². The second kappa shape index (κ2) is 7.62. The van der Waals surface area contributed by atoms with Gasteiger partial charge in [-0.15, -0.1) is 0 Å². The van der Waals surface area contributed by atoms with Crippen LogP contribution in [0.1, 0.15) is 51.4 Å². The molecule has 0 bridgehead atoms. The molecule has 1 atom stereocenters. The molecule has 0 radical (unpaired) electrons. The van der Waals surface area contributed by atoms with Crippen LogP contribution in [0.5, 0.6) is 0 Å². The number of nitrogens with zero attached hydrogens (tertiary/aromatic N) is 1. The number of hydrogen-bond donors (Lipinski definition) is 1. The van der Waals surface area contributed by atoms with Crippen LogP contribution in [0.25, 0.3) is 0 Å². The summed E-state index contributed by atoms with van der Waals surface area (Å²) in [4.78, 5) is 26.5. The number of nitrogens with one attached hydrogen (secondary N) is 1. The highest BCUT2D eigenvalue weighted by Gasteiger charge is 2.35. The number of carbonyl (C=O) groups excluding carboxylic acids is 2. The first kappa shape index (κ1) is 16.0. The summed E-state index contributed by atoms with van der Waals surface area (Å²) >= 11 is 0. The molecule has 1 saturated heterocycles. The summed E-state index contributed by atoms with van der Waals surface area (Å²) in [5.41, 5.74) is 0.888. The third-order valence-corrected chi connectivity index (χ3v) is 5.02. The van der Waals surface area contributed by atoms with E-state index in [1.807, 2.05) is 30.3 Å². The zero-order valence-corrected chi connectivity index (χ0v) is 13.7. The Labute approximate surface area is 138 Å². The van der Waals surface area contributed by atoms with Gasteiger partial charge in [0.15, 0.2) is 0 Å². The molecule has 4 nitrogen and oxygen atoms in total. The first-order chi connectivity index (χ1) is 11.2. The SMILES string of the molecule is O=C(NC1CCCCCCC1)[C@@H]1CC(=O)N(c2ccccc2)C1. The van der Waals surface area contributed by atoms with E-state index in [1.165, 1.54) is 32.1 Å². The van der Waals surface area contributed by atoms with Crippen LogP contribution in [0.2, 0.25) is 0 Å². The van der Waals surface area contributed by atoms with Crippen molar-refractivity contribution in [2.75, 3.05) is 11.4 Å². The van der Waals surface area contributed by atoms with Crippen LogP contribution in [0.3, 0.4) is 0 Å². The van der Waals surface area contributed by atoms with Crippen molar-refractivity contribution in [3.63, 3.8) is 0 Å². The standard InChI is InChI=1S/C19H26N2O2/c22-18-13-15(14-21(18)17-11-7-4-8-12-17)19(23)20-16-9-5-2-1-3-6-10-16/h4,7-8,11-12,15-16H,1-3,5-6,9-10,13-14H2,(H,20,23)/t15-/m1/s1. The van der Waals surface area contributed by atoms with Gasteiger partial charge in [-0.05, 0) is 25.0 Å². The van der Waals surface area contributed by atoms with Crippen LogP contribution in [-0.2, 0) is 9.59 Å². The number of carbonyl (C=O) groups is 2. The van der Waals surface area contributed by atoms with Gasteiger partial charge in [-0.2, -0.15) is 0 Å². The summed E-state index contributed by atoms with van der Waals surface area (Å²) in [6.07, 6.45) is 8.75. The summed E-state index contributed by atoms with van der Waals surface area (Å²) in [6, 6.07) is 9.92. The lowest BCUT2D eigenvalue weighted by Gasteiger charge is -2.23. The monoisotopic (exact) mass is 314 g/mol. The lowest BCUT2D eigenvalue weighted by atomic mass is 9.96. The minimum absolute atomic E-state index is 0.0500. The predicted octanol–water partition coefficient (Wildman–Crippen LogP) is 3.27. The second-order valence-electron chi connectivity index (χ2n) is 6.79. The van der Waals surface area contributed by atoms with Crippen molar-refractivity contribution in [2.24, 2.45) is 5.92 Å². The Morgan fingerprint density at radius 2 is 1.65 bits per heavy atom. The molecule has 1 heterocycles. The van der Waals surface area contributed by atoms with Crippen molar-refractivity contribution in [2.45, 2.75) is 57.4 Å². The zero-order valence-electron chi connectivity index (χ0n) is 13.7. The van der Waals surface area contributed by atoms with Crippen molar-refractivity contribution >= 4 is 17.5 Å². The fraction of sp³-hybridized carbons (Fsp3) is 0.579. The molecule has 0 aromatic heterocycles. The lowest BCUT2D eigenvalue weighted by molar-refractivity contribution is -0.127. The average molecular weight is 314 g/mol. The molecule has 3 rings (SSSR count). The molecule has 1 aromatic carbocycles. The largest absolute Gasteiger partial charge is 0.353 e. The molecule has 2 amide bonds. The van der Waals surface area contributed by atoms with Crippen LogP contribution >= 0.6 is 0 Å². The molecule has 1 aliphatic heterocycles. The molecule has 1 saturated carbocycles. The van der Waals surface area contributed by atoms with E-state index in [2.05, 4.69) is 5.32 Å². The quantitative estimate of drug-likeness (QED) is 0.931. The van der Waals surface area contributed by atoms with Gasteiger partial charge in [0.2, 0.25) is 11.8 Å². The number of amides is 2. The molecule has 1 aromatic rings. The maximum atomic E-state index is 12.5. The molecule has 1 N–H and O–H groups in total. The maximum Gasteiger partial charge on any atom is 0.227 e. The Balaban J connectivity index is 1.57. The van der Waals surface area contributed by atoms with Crippen LogP contribution < -0.4 is 10.2 Å². The third-order valence-electron chi connectivity index (χ3n) is 5.02. The summed E-state index contributed by atoms with van der Waals surface area (Å²) < 4.78 is 0. The van der Waals surface area contributed by atoms with Crippen molar-refractivity contribution in [1.82, 2.24) is 5.32 Å². The normalized spacial score (nSPS) is 23.4. The molecular weight excluding hydrogens is 288 g/mol. The van der Waals surface area contributed by atoms with Crippen LogP contribution in [0.4, 0.5) is 5.69 Å². The molecule has 0 spiro atoms. The minimum Gasteiger partial charge on any atom is -0.353 e. The Hall–Kier alpha value is -1.84. The third kappa shape index (κ3) is 4.12. The van der Waals surface area contributed by atoms with Crippen molar-refractivity contribution in [1.29, 1.82) is 0 Å². The summed E-state index contributed by atoms with van der Waals surface area (Å²) in [6.45, 7) is 0.501. The molecule has 2 fully saturated rings. The van der Waals surface area contributed by atoms with Crippen LogP contribution in [-0.4, -0.2) is 24.4 Å². The zero-order chi connectivity index (χ0) is 16.1. The first-order valence-corrected chi connectivity index (χ1v) is 8.90. The van der Waals surface area contributed by atoms with Crippen molar-refractivity contribution in [3.8, 4) is 0 Å². The Morgan fingerprint density at radius 1 is 1.00 bits per heavy atom. The van der Waals surface area contributed by atoms with E-state index in [-0.39, 0.29) is 17.7 Å². The van der Waals surface area contributed by atoms with Gasteiger partial charge in [0.05, 0.1) is 5.92 Å². The number of anilines is 1. The van der Waals surface area contributed by atoms with E-state index >= 15 is 0 Å². The molecular formula is C19H26N2O2. The van der Waals surface area contributed by atoms with E-state index in [0.717, 1.165) is 18.5 Å². The average Bonchev–Trinajstić information content (AvgIpc) is 2.93. The van der Waals surface area contributed by atoms with E-state index in [0.29, 0.717) is 19.0 Å². The molecule has 2 aliphatic rings. The Kier molecular flexibility index (Phi) is 5.31.